The van der Waals surface area contributed by atoms with E-state index >= 15 is 0 Å². The Morgan fingerprint density at radius 2 is 1.36 bits per heavy atom. The van der Waals surface area contributed by atoms with E-state index in [1.54, 1.807) is 6.92 Å². The quantitative estimate of drug-likeness (QED) is 0.593. The lowest BCUT2D eigenvalue weighted by molar-refractivity contribution is -0.143. The third-order valence-corrected chi connectivity index (χ3v) is 7.03. The average molecular weight is 498 g/mol. The predicted molar refractivity (Wildman–Crippen MR) is 102 cm³/mol. The number of rotatable bonds is 3. The number of sulfonamides is 1. The van der Waals surface area contributed by atoms with Crippen LogP contribution in [0.1, 0.15) is 27.0 Å². The first kappa shape index (κ1) is 25.0. The van der Waals surface area contributed by atoms with E-state index in [0.717, 1.165) is 6.07 Å². The normalized spacial score (nSPS) is 16.2. The second kappa shape index (κ2) is 8.60. The SMILES string of the molecule is Cc1ccc(F)cc1C(=O)N1CCN(S(=O)(=O)c2cc(C(F)(F)F)cc(C(F)(F)F)c2)CC1. The molecule has 5 nitrogen and oxygen atoms in total. The topological polar surface area (TPSA) is 57.7 Å². The van der Waals surface area contributed by atoms with Crippen molar-refractivity contribution in [3.8, 4) is 0 Å². The number of hydrogen-bond donors (Lipinski definition) is 0. The Morgan fingerprint density at radius 3 is 1.85 bits per heavy atom. The summed E-state index contributed by atoms with van der Waals surface area (Å²) < 4.78 is 118. The minimum atomic E-state index is -5.19. The number of benzene rings is 2. The predicted octanol–water partition coefficient (Wildman–Crippen LogP) is 4.32. The molecule has 0 unspecified atom stereocenters. The summed E-state index contributed by atoms with van der Waals surface area (Å²) >= 11 is 0. The van der Waals surface area contributed by atoms with Crippen LogP contribution in [-0.4, -0.2) is 49.7 Å². The van der Waals surface area contributed by atoms with E-state index in [1.807, 2.05) is 0 Å². The smallest absolute Gasteiger partial charge is 0.336 e. The lowest BCUT2D eigenvalue weighted by Crippen LogP contribution is -2.50. The van der Waals surface area contributed by atoms with Crippen LogP contribution in [0.25, 0.3) is 0 Å². The molecule has 180 valence electrons. The summed E-state index contributed by atoms with van der Waals surface area (Å²) in [5, 5.41) is 0. The molecule has 33 heavy (non-hydrogen) atoms. The van der Waals surface area contributed by atoms with Crippen LogP contribution in [0.5, 0.6) is 0 Å². The van der Waals surface area contributed by atoms with Crippen molar-refractivity contribution in [2.24, 2.45) is 0 Å². The Morgan fingerprint density at radius 1 is 0.848 bits per heavy atom. The highest BCUT2D eigenvalue weighted by molar-refractivity contribution is 7.89. The lowest BCUT2D eigenvalue weighted by Gasteiger charge is -2.34. The maximum atomic E-state index is 13.5. The largest absolute Gasteiger partial charge is 0.416 e. The molecule has 1 aliphatic heterocycles. The monoisotopic (exact) mass is 498 g/mol. The van der Waals surface area contributed by atoms with Gasteiger partial charge in [-0.05, 0) is 42.8 Å². The Hall–Kier alpha value is -2.67. The first-order valence-electron chi connectivity index (χ1n) is 9.46. The van der Waals surface area contributed by atoms with Crippen molar-refractivity contribution in [3.05, 3.63) is 64.5 Å². The standard InChI is InChI=1S/C20H17F7N2O3S/c1-12-2-3-15(21)11-17(12)18(30)28-4-6-29(7-5-28)33(31,32)16-9-13(19(22,23)24)8-14(10-16)20(25,26)27/h2-3,8-11H,4-7H2,1H3. The van der Waals surface area contributed by atoms with Crippen molar-refractivity contribution in [2.45, 2.75) is 24.2 Å². The molecule has 0 aromatic heterocycles. The van der Waals surface area contributed by atoms with Crippen LogP contribution in [-0.2, 0) is 22.4 Å². The Bertz CT molecular complexity index is 1140. The minimum absolute atomic E-state index is 0.0685. The van der Waals surface area contributed by atoms with E-state index in [-0.39, 0.29) is 49.9 Å². The molecule has 1 saturated heterocycles. The number of aryl methyl sites for hydroxylation is 1. The fourth-order valence-electron chi connectivity index (χ4n) is 3.35. The van der Waals surface area contributed by atoms with Gasteiger partial charge in [0, 0.05) is 31.7 Å². The number of amides is 1. The zero-order valence-electron chi connectivity index (χ0n) is 17.0. The summed E-state index contributed by atoms with van der Waals surface area (Å²) in [5.74, 6) is -1.21. The first-order valence-corrected chi connectivity index (χ1v) is 10.9. The van der Waals surface area contributed by atoms with Crippen molar-refractivity contribution in [3.63, 3.8) is 0 Å². The third-order valence-electron chi connectivity index (χ3n) is 5.15. The Kier molecular flexibility index (Phi) is 6.50. The number of hydrogen-bond acceptors (Lipinski definition) is 3. The maximum absolute atomic E-state index is 13.5. The first-order chi connectivity index (χ1) is 15.1. The number of carbonyl (C=O) groups excluding carboxylic acids is 1. The van der Waals surface area contributed by atoms with Crippen LogP contribution >= 0.6 is 0 Å². The molecule has 1 amide bonds. The fraction of sp³-hybridized carbons (Fsp3) is 0.350. The van der Waals surface area contributed by atoms with Crippen LogP contribution in [0.3, 0.4) is 0 Å². The van der Waals surface area contributed by atoms with Gasteiger partial charge in [-0.25, -0.2) is 12.8 Å². The molecule has 0 atom stereocenters. The zero-order chi connectivity index (χ0) is 24.8. The van der Waals surface area contributed by atoms with E-state index in [0.29, 0.717) is 9.87 Å². The molecular weight excluding hydrogens is 481 g/mol. The molecule has 1 fully saturated rings. The number of nitrogens with zero attached hydrogens (tertiary/aromatic N) is 2. The molecule has 0 N–H and O–H groups in total. The fourth-order valence-corrected chi connectivity index (χ4v) is 4.84. The van der Waals surface area contributed by atoms with Crippen LogP contribution in [0.15, 0.2) is 41.3 Å². The van der Waals surface area contributed by atoms with Crippen molar-refractivity contribution in [2.75, 3.05) is 26.2 Å². The van der Waals surface area contributed by atoms with Crippen LogP contribution in [0.2, 0.25) is 0 Å². The molecule has 1 aliphatic rings. The molecule has 13 heteroatoms. The highest BCUT2D eigenvalue weighted by atomic mass is 32.2. The van der Waals surface area contributed by atoms with Gasteiger partial charge in [0.25, 0.3) is 5.91 Å². The van der Waals surface area contributed by atoms with Crippen molar-refractivity contribution >= 4 is 15.9 Å². The summed E-state index contributed by atoms with van der Waals surface area (Å²) in [7, 11) is -4.72. The van der Waals surface area contributed by atoms with E-state index in [2.05, 4.69) is 0 Å². The van der Waals surface area contributed by atoms with E-state index in [9.17, 15) is 43.9 Å². The van der Waals surface area contributed by atoms with Gasteiger partial charge in [0.1, 0.15) is 5.82 Å². The molecule has 0 saturated carbocycles. The Labute approximate surface area is 184 Å². The average Bonchev–Trinajstić information content (AvgIpc) is 2.73. The summed E-state index contributed by atoms with van der Waals surface area (Å²) in [5.41, 5.74) is -2.93. The number of piperazine rings is 1. The van der Waals surface area contributed by atoms with Gasteiger partial charge in [0.15, 0.2) is 0 Å². The lowest BCUT2D eigenvalue weighted by atomic mass is 10.1. The summed E-state index contributed by atoms with van der Waals surface area (Å²) in [6.07, 6.45) is -10.4. The van der Waals surface area contributed by atoms with Gasteiger partial charge in [0.2, 0.25) is 10.0 Å². The number of alkyl halides is 6. The molecule has 2 aromatic carbocycles. The highest BCUT2D eigenvalue weighted by Crippen LogP contribution is 2.38. The van der Waals surface area contributed by atoms with Gasteiger partial charge in [-0.15, -0.1) is 0 Å². The molecule has 1 heterocycles. The molecular formula is C20H17F7N2O3S. The molecule has 0 radical (unpaired) electrons. The van der Waals surface area contributed by atoms with Crippen LogP contribution < -0.4 is 0 Å². The molecule has 0 bridgehead atoms. The van der Waals surface area contributed by atoms with Crippen molar-refractivity contribution in [1.82, 2.24) is 9.21 Å². The highest BCUT2D eigenvalue weighted by Gasteiger charge is 2.39. The van der Waals surface area contributed by atoms with Crippen molar-refractivity contribution in [1.29, 1.82) is 0 Å². The van der Waals surface area contributed by atoms with E-state index in [4.69, 9.17) is 0 Å². The third kappa shape index (κ3) is 5.29. The molecule has 0 spiro atoms. The second-order valence-electron chi connectivity index (χ2n) is 7.40. The van der Waals surface area contributed by atoms with Gasteiger partial charge in [-0.2, -0.15) is 30.6 Å². The maximum Gasteiger partial charge on any atom is 0.416 e. The second-order valence-corrected chi connectivity index (χ2v) is 9.34. The Balaban J connectivity index is 1.85. The van der Waals surface area contributed by atoms with Crippen molar-refractivity contribution < 1.29 is 43.9 Å². The number of halogens is 7. The van der Waals surface area contributed by atoms with Gasteiger partial charge in [-0.3, -0.25) is 4.79 Å². The van der Waals surface area contributed by atoms with E-state index < -0.39 is 50.1 Å². The van der Waals surface area contributed by atoms with E-state index in [1.165, 1.54) is 17.0 Å². The van der Waals surface area contributed by atoms with Gasteiger partial charge in [-0.1, -0.05) is 6.07 Å². The van der Waals surface area contributed by atoms with Gasteiger partial charge >= 0.3 is 12.4 Å². The zero-order valence-corrected chi connectivity index (χ0v) is 17.8. The molecule has 3 rings (SSSR count). The number of carbonyl (C=O) groups is 1. The van der Waals surface area contributed by atoms with Gasteiger partial charge in [0.05, 0.1) is 16.0 Å². The molecule has 0 aliphatic carbocycles. The minimum Gasteiger partial charge on any atom is -0.336 e. The summed E-state index contributed by atoms with van der Waals surface area (Å²) in [6, 6.07) is 3.74. The molecule has 2 aromatic rings. The summed E-state index contributed by atoms with van der Waals surface area (Å²) in [6.45, 7) is 0.498. The van der Waals surface area contributed by atoms with Crippen LogP contribution in [0.4, 0.5) is 30.7 Å². The van der Waals surface area contributed by atoms with Crippen LogP contribution in [0, 0.1) is 12.7 Å². The summed E-state index contributed by atoms with van der Waals surface area (Å²) in [4.78, 5) is 12.7. The van der Waals surface area contributed by atoms with Gasteiger partial charge < -0.3 is 4.90 Å².